The fourth-order valence-corrected chi connectivity index (χ4v) is 0.341. The van der Waals surface area contributed by atoms with Crippen molar-refractivity contribution in [2.75, 3.05) is 0 Å². The van der Waals surface area contributed by atoms with E-state index in [-0.39, 0.29) is 24.3 Å². The number of hydrogen-bond donors (Lipinski definition) is 2. The SMILES string of the molecule is NC(=O)OP(=O)([O-])O.O.[Li+]. The van der Waals surface area contributed by atoms with Gasteiger partial charge >= 0.3 is 32.8 Å². The van der Waals surface area contributed by atoms with Gasteiger partial charge in [-0.25, -0.2) is 4.79 Å². The van der Waals surface area contributed by atoms with E-state index in [1.54, 1.807) is 0 Å². The van der Waals surface area contributed by atoms with Crippen molar-refractivity contribution in [2.24, 2.45) is 5.73 Å². The fraction of sp³-hybridized carbons (Fsp3) is 0. The molecular formula is CH5LiNO6P. The van der Waals surface area contributed by atoms with Crippen LogP contribution in [-0.2, 0) is 9.09 Å². The van der Waals surface area contributed by atoms with Crippen molar-refractivity contribution in [1.29, 1.82) is 0 Å². The molecule has 0 heterocycles. The zero-order valence-electron chi connectivity index (χ0n) is 5.10. The van der Waals surface area contributed by atoms with Crippen molar-refractivity contribution in [2.45, 2.75) is 0 Å². The van der Waals surface area contributed by atoms with E-state index in [9.17, 15) is 14.3 Å². The quantitative estimate of drug-likeness (QED) is 0.294. The van der Waals surface area contributed by atoms with Crippen LogP contribution in [0.4, 0.5) is 4.79 Å². The molecule has 0 aliphatic carbocycles. The molecule has 7 nitrogen and oxygen atoms in total. The van der Waals surface area contributed by atoms with Crippen LogP contribution in [-0.4, -0.2) is 16.5 Å². The summed E-state index contributed by atoms with van der Waals surface area (Å²) < 4.78 is 12.6. The molecule has 5 N–H and O–H groups in total. The number of hydrogen-bond acceptors (Lipinski definition) is 4. The van der Waals surface area contributed by atoms with Crippen LogP contribution in [0, 0.1) is 0 Å². The molecule has 1 unspecified atom stereocenters. The van der Waals surface area contributed by atoms with Crippen LogP contribution in [0.25, 0.3) is 0 Å². The van der Waals surface area contributed by atoms with Gasteiger partial charge in [0, 0.05) is 0 Å². The maximum atomic E-state index is 9.50. The first kappa shape index (κ1) is 16.5. The van der Waals surface area contributed by atoms with Crippen molar-refractivity contribution in [1.82, 2.24) is 0 Å². The summed E-state index contributed by atoms with van der Waals surface area (Å²) in [7, 11) is -4.95. The van der Waals surface area contributed by atoms with Crippen LogP contribution in [0.2, 0.25) is 0 Å². The third-order valence-corrected chi connectivity index (χ3v) is 0.616. The summed E-state index contributed by atoms with van der Waals surface area (Å²) in [6.07, 6.45) is -1.55. The normalized spacial score (nSPS) is 13.4. The molecule has 0 radical (unpaired) electrons. The van der Waals surface area contributed by atoms with Gasteiger partial charge in [-0.2, -0.15) is 0 Å². The van der Waals surface area contributed by atoms with Crippen LogP contribution in [0.15, 0.2) is 0 Å². The molecule has 0 aliphatic rings. The number of rotatable bonds is 1. The zero-order chi connectivity index (χ0) is 6.78. The predicted octanol–water partition coefficient (Wildman–Crippen LogP) is -5.28. The Balaban J connectivity index is -0.000000245. The van der Waals surface area contributed by atoms with Gasteiger partial charge in [0.2, 0.25) is 0 Å². The van der Waals surface area contributed by atoms with E-state index >= 15 is 0 Å². The molecule has 0 aromatic heterocycles. The first-order chi connectivity index (χ1) is 3.42. The van der Waals surface area contributed by atoms with Gasteiger partial charge in [-0.15, -0.1) is 0 Å². The standard InChI is InChI=1S/CH4NO5P.Li.H2O/c2-1(3)7-8(4,5)6;;/h(H2,2,3)(H2,4,5,6);;1H2/q;+1;/p-1. The molecular weight excluding hydrogens is 160 g/mol. The summed E-state index contributed by atoms with van der Waals surface area (Å²) in [5.41, 5.74) is 4.19. The second-order valence-electron chi connectivity index (χ2n) is 0.879. The molecule has 0 bridgehead atoms. The largest absolute Gasteiger partial charge is 1.00 e. The summed E-state index contributed by atoms with van der Waals surface area (Å²) in [6, 6.07) is 0. The molecule has 0 spiro atoms. The molecule has 0 saturated heterocycles. The van der Waals surface area contributed by atoms with Crippen molar-refractivity contribution in [3.8, 4) is 0 Å². The summed E-state index contributed by atoms with van der Waals surface area (Å²) in [4.78, 5) is 26.6. The minimum Gasteiger partial charge on any atom is -0.746 e. The summed E-state index contributed by atoms with van der Waals surface area (Å²) in [6.45, 7) is 0. The van der Waals surface area contributed by atoms with Crippen molar-refractivity contribution in [3.63, 3.8) is 0 Å². The Morgan fingerprint density at radius 2 is 2.00 bits per heavy atom. The van der Waals surface area contributed by atoms with E-state index < -0.39 is 13.9 Å². The van der Waals surface area contributed by atoms with Gasteiger partial charge in [-0.3, -0.25) is 4.57 Å². The number of phosphoric ester groups is 1. The van der Waals surface area contributed by atoms with Gasteiger partial charge in [0.25, 0.3) is 0 Å². The second kappa shape index (κ2) is 5.74. The minimum absolute atomic E-state index is 0. The molecule has 0 rings (SSSR count). The van der Waals surface area contributed by atoms with Gasteiger partial charge < -0.3 is 25.5 Å². The molecule has 0 saturated carbocycles. The molecule has 1 atom stereocenters. The van der Waals surface area contributed by atoms with Crippen molar-refractivity contribution >= 4 is 13.9 Å². The summed E-state index contributed by atoms with van der Waals surface area (Å²) >= 11 is 0. The molecule has 0 fully saturated rings. The van der Waals surface area contributed by atoms with E-state index in [0.717, 1.165) is 0 Å². The second-order valence-corrected chi connectivity index (χ2v) is 2.00. The number of carbonyl (C=O) groups excluding carboxylic acids is 1. The Hall–Kier alpha value is -0.0226. The first-order valence-corrected chi connectivity index (χ1v) is 2.94. The number of carbonyl (C=O) groups is 1. The summed E-state index contributed by atoms with van der Waals surface area (Å²) in [5.74, 6) is 0. The Morgan fingerprint density at radius 3 is 2.00 bits per heavy atom. The Kier molecular flexibility index (Phi) is 9.48. The maximum Gasteiger partial charge on any atom is 1.00 e. The molecule has 56 valence electrons. The molecule has 10 heavy (non-hydrogen) atoms. The van der Waals surface area contributed by atoms with Gasteiger partial charge in [0.1, 0.15) is 0 Å². The Labute approximate surface area is 68.3 Å². The first-order valence-electron chi connectivity index (χ1n) is 1.44. The van der Waals surface area contributed by atoms with Crippen molar-refractivity contribution < 1.29 is 48.0 Å². The fourth-order valence-electron chi connectivity index (χ4n) is 0.114. The van der Waals surface area contributed by atoms with E-state index in [1.807, 2.05) is 0 Å². The predicted molar refractivity (Wildman–Crippen MR) is 24.1 cm³/mol. The molecule has 0 aromatic carbocycles. The topological polar surface area (TPSA) is 144 Å². The van der Waals surface area contributed by atoms with Crippen LogP contribution < -0.4 is 29.5 Å². The zero-order valence-corrected chi connectivity index (χ0v) is 6.00. The van der Waals surface area contributed by atoms with Gasteiger partial charge in [0.05, 0.1) is 0 Å². The van der Waals surface area contributed by atoms with E-state index in [4.69, 9.17) is 4.89 Å². The molecule has 1 amide bonds. The van der Waals surface area contributed by atoms with Gasteiger partial charge in [-0.05, 0) is 0 Å². The maximum absolute atomic E-state index is 9.50. The minimum atomic E-state index is -4.95. The molecule has 0 aromatic rings. The molecule has 9 heteroatoms. The van der Waals surface area contributed by atoms with Gasteiger partial charge in [0.15, 0.2) is 0 Å². The van der Waals surface area contributed by atoms with Crippen molar-refractivity contribution in [3.05, 3.63) is 0 Å². The average Bonchev–Trinajstić information content (AvgIpc) is 1.21. The van der Waals surface area contributed by atoms with E-state index in [2.05, 4.69) is 10.3 Å². The van der Waals surface area contributed by atoms with Gasteiger partial charge in [-0.1, -0.05) is 0 Å². The number of phosphoric acid groups is 1. The molecule has 0 aliphatic heterocycles. The van der Waals surface area contributed by atoms with E-state index in [1.165, 1.54) is 0 Å². The smallest absolute Gasteiger partial charge is 0.746 e. The summed E-state index contributed by atoms with van der Waals surface area (Å²) in [5, 5.41) is 0. The number of nitrogens with two attached hydrogens (primary N) is 1. The number of primary amides is 1. The third kappa shape index (κ3) is 15.7. The van der Waals surface area contributed by atoms with Crippen LogP contribution in [0.3, 0.4) is 0 Å². The van der Waals surface area contributed by atoms with E-state index in [0.29, 0.717) is 0 Å². The number of amides is 1. The van der Waals surface area contributed by atoms with Crippen LogP contribution >= 0.6 is 7.82 Å². The monoisotopic (exact) mass is 165 g/mol. The van der Waals surface area contributed by atoms with Crippen LogP contribution in [0.5, 0.6) is 0 Å². The Morgan fingerprint density at radius 1 is 1.70 bits per heavy atom. The Bertz CT molecular complexity index is 141. The third-order valence-electron chi connectivity index (χ3n) is 0.205. The average molecular weight is 165 g/mol. The van der Waals surface area contributed by atoms with Crippen LogP contribution in [0.1, 0.15) is 0 Å².